The average molecular weight is 484 g/mol. The van der Waals surface area contributed by atoms with E-state index in [1.165, 1.54) is 4.90 Å². The fourth-order valence-electron chi connectivity index (χ4n) is 3.35. The molecule has 2 N–H and O–H groups in total. The van der Waals surface area contributed by atoms with Crippen LogP contribution in [-0.2, 0) is 0 Å². The second-order valence-electron chi connectivity index (χ2n) is 6.90. The van der Waals surface area contributed by atoms with Gasteiger partial charge in [-0.15, -0.1) is 0 Å². The van der Waals surface area contributed by atoms with Crippen LogP contribution >= 0.6 is 23.2 Å². The Morgan fingerprint density at radius 1 is 0.848 bits per heavy atom. The summed E-state index contributed by atoms with van der Waals surface area (Å²) in [7, 11) is 3.14. The Morgan fingerprint density at radius 2 is 1.52 bits per heavy atom. The zero-order valence-electron chi connectivity index (χ0n) is 17.7. The number of pyridine rings is 1. The van der Waals surface area contributed by atoms with Crippen molar-refractivity contribution in [2.24, 2.45) is 5.73 Å². The van der Waals surface area contributed by atoms with Gasteiger partial charge in [0.2, 0.25) is 0 Å². The number of carbonyl (C=O) groups is 1. The first-order valence-electron chi connectivity index (χ1n) is 9.74. The highest BCUT2D eigenvalue weighted by Crippen LogP contribution is 2.37. The molecule has 1 heterocycles. The molecule has 2 amide bonds. The third kappa shape index (κ3) is 4.60. The van der Waals surface area contributed by atoms with Crippen molar-refractivity contribution in [3.63, 3.8) is 0 Å². The maximum atomic E-state index is 12.1. The summed E-state index contributed by atoms with van der Waals surface area (Å²) >= 11 is 12.1. The summed E-state index contributed by atoms with van der Waals surface area (Å²) in [6.45, 7) is 0. The van der Waals surface area contributed by atoms with E-state index < -0.39 is 6.03 Å². The predicted molar refractivity (Wildman–Crippen MR) is 130 cm³/mol. The number of halogens is 2. The van der Waals surface area contributed by atoms with E-state index >= 15 is 0 Å². The zero-order valence-corrected chi connectivity index (χ0v) is 19.2. The molecular weight excluding hydrogens is 465 g/mol. The molecule has 0 saturated carbocycles. The highest BCUT2D eigenvalue weighted by molar-refractivity contribution is 6.42. The van der Waals surface area contributed by atoms with Crippen LogP contribution in [-0.4, -0.2) is 25.2 Å². The summed E-state index contributed by atoms with van der Waals surface area (Å²) in [6, 6.07) is 16.4. The van der Waals surface area contributed by atoms with Crippen LogP contribution in [0.3, 0.4) is 0 Å². The van der Waals surface area contributed by atoms with E-state index in [2.05, 4.69) is 4.98 Å². The zero-order chi connectivity index (χ0) is 23.5. The van der Waals surface area contributed by atoms with Crippen molar-refractivity contribution in [1.29, 1.82) is 0 Å². The van der Waals surface area contributed by atoms with Crippen molar-refractivity contribution in [3.05, 3.63) is 76.9 Å². The van der Waals surface area contributed by atoms with E-state index in [4.69, 9.17) is 43.1 Å². The molecule has 9 heteroatoms. The lowest BCUT2D eigenvalue weighted by Gasteiger charge is -2.21. The summed E-state index contributed by atoms with van der Waals surface area (Å²) in [4.78, 5) is 17.8. The molecule has 0 atom stereocenters. The summed E-state index contributed by atoms with van der Waals surface area (Å²) < 4.78 is 16.8. The molecule has 0 aliphatic rings. The third-order valence-corrected chi connectivity index (χ3v) is 5.65. The van der Waals surface area contributed by atoms with E-state index in [1.54, 1.807) is 75.0 Å². The number of methoxy groups -OCH3 is 2. The number of hydrogen-bond donors (Lipinski definition) is 1. The summed E-state index contributed by atoms with van der Waals surface area (Å²) in [6.07, 6.45) is 1.65. The number of nitrogens with two attached hydrogens (primary N) is 1. The van der Waals surface area contributed by atoms with Gasteiger partial charge in [-0.05, 0) is 54.6 Å². The number of amides is 2. The molecule has 0 saturated heterocycles. The van der Waals surface area contributed by atoms with Crippen molar-refractivity contribution in [2.75, 3.05) is 19.1 Å². The number of aromatic nitrogens is 1. The highest BCUT2D eigenvalue weighted by Gasteiger charge is 2.17. The van der Waals surface area contributed by atoms with Gasteiger partial charge in [-0.1, -0.05) is 23.2 Å². The van der Waals surface area contributed by atoms with Crippen LogP contribution in [0.15, 0.2) is 66.9 Å². The minimum absolute atomic E-state index is 0.317. The number of fused-ring (bicyclic) bond motifs is 1. The molecule has 4 aromatic rings. The lowest BCUT2D eigenvalue weighted by atomic mass is 10.1. The second kappa shape index (κ2) is 9.44. The van der Waals surface area contributed by atoms with Gasteiger partial charge in [0, 0.05) is 17.6 Å². The van der Waals surface area contributed by atoms with Crippen LogP contribution in [0.1, 0.15) is 0 Å². The summed E-state index contributed by atoms with van der Waals surface area (Å²) in [5, 5.41) is 1.46. The van der Waals surface area contributed by atoms with Crippen LogP contribution in [0.5, 0.6) is 23.0 Å². The molecule has 0 unspecified atom stereocenters. The van der Waals surface area contributed by atoms with Crippen molar-refractivity contribution in [2.45, 2.75) is 0 Å². The molecule has 0 fully saturated rings. The molecule has 0 spiro atoms. The third-order valence-electron chi connectivity index (χ3n) is 4.91. The van der Waals surface area contributed by atoms with Gasteiger partial charge in [-0.25, -0.2) is 4.79 Å². The SMILES string of the molecule is COc1cc2nccc(Oc3ccc(N(C(N)=O)c4ccc(Cl)c(Cl)c4)cc3)c2cc1OC. The number of benzene rings is 3. The number of rotatable bonds is 6. The largest absolute Gasteiger partial charge is 0.493 e. The molecule has 33 heavy (non-hydrogen) atoms. The van der Waals surface area contributed by atoms with Gasteiger partial charge in [-0.2, -0.15) is 0 Å². The van der Waals surface area contributed by atoms with Crippen LogP contribution in [0, 0.1) is 0 Å². The highest BCUT2D eigenvalue weighted by atomic mass is 35.5. The Labute approximate surface area is 200 Å². The minimum atomic E-state index is -0.664. The maximum Gasteiger partial charge on any atom is 0.323 e. The van der Waals surface area contributed by atoms with Crippen molar-refractivity contribution in [3.8, 4) is 23.0 Å². The second-order valence-corrected chi connectivity index (χ2v) is 7.72. The number of hydrogen-bond acceptors (Lipinski definition) is 5. The molecule has 7 nitrogen and oxygen atoms in total. The number of primary amides is 1. The molecule has 0 aliphatic carbocycles. The molecular formula is C24H19Cl2N3O4. The lowest BCUT2D eigenvalue weighted by molar-refractivity contribution is 0.256. The Hall–Kier alpha value is -3.68. The monoisotopic (exact) mass is 483 g/mol. The normalized spacial score (nSPS) is 10.7. The fourth-order valence-corrected chi connectivity index (χ4v) is 3.65. The van der Waals surface area contributed by atoms with Gasteiger partial charge < -0.3 is 19.9 Å². The first-order chi connectivity index (χ1) is 15.9. The Kier molecular flexibility index (Phi) is 6.44. The van der Waals surface area contributed by atoms with E-state index in [0.29, 0.717) is 49.9 Å². The number of urea groups is 1. The Balaban J connectivity index is 1.65. The van der Waals surface area contributed by atoms with E-state index in [0.717, 1.165) is 5.39 Å². The van der Waals surface area contributed by atoms with E-state index in [-0.39, 0.29) is 0 Å². The first kappa shape index (κ1) is 22.5. The molecule has 0 aliphatic heterocycles. The predicted octanol–water partition coefficient (Wildman–Crippen LogP) is 6.57. The standard InChI is InChI=1S/C24H19Cl2N3O4/c1-31-22-12-17-20(13-23(22)32-2)28-10-9-21(17)33-16-6-3-14(4-7-16)29(24(27)30)15-5-8-18(25)19(26)11-15/h3-13H,1-2H3,(H2,27,30). The Morgan fingerprint density at radius 3 is 2.15 bits per heavy atom. The van der Waals surface area contributed by atoms with Gasteiger partial charge in [0.1, 0.15) is 11.5 Å². The van der Waals surface area contributed by atoms with Crippen molar-refractivity contribution < 1.29 is 19.0 Å². The van der Waals surface area contributed by atoms with Gasteiger partial charge in [0.15, 0.2) is 11.5 Å². The minimum Gasteiger partial charge on any atom is -0.493 e. The van der Waals surface area contributed by atoms with Gasteiger partial charge >= 0.3 is 6.03 Å². The molecule has 168 valence electrons. The number of carbonyl (C=O) groups excluding carboxylic acids is 1. The van der Waals surface area contributed by atoms with Crippen LogP contribution in [0.2, 0.25) is 10.0 Å². The van der Waals surface area contributed by atoms with Crippen molar-refractivity contribution >= 4 is 51.5 Å². The van der Waals surface area contributed by atoms with Crippen LogP contribution < -0.4 is 24.8 Å². The molecule has 0 bridgehead atoms. The number of ether oxygens (including phenoxy) is 3. The number of anilines is 2. The van der Waals surface area contributed by atoms with Gasteiger partial charge in [0.05, 0.1) is 41.2 Å². The smallest absolute Gasteiger partial charge is 0.323 e. The average Bonchev–Trinajstić information content (AvgIpc) is 2.81. The van der Waals surface area contributed by atoms with Crippen LogP contribution in [0.4, 0.5) is 16.2 Å². The Bertz CT molecular complexity index is 1330. The maximum absolute atomic E-state index is 12.1. The molecule has 4 rings (SSSR count). The van der Waals surface area contributed by atoms with Gasteiger partial charge in [-0.3, -0.25) is 9.88 Å². The summed E-state index contributed by atoms with van der Waals surface area (Å²) in [5.41, 5.74) is 7.34. The van der Waals surface area contributed by atoms with Crippen molar-refractivity contribution in [1.82, 2.24) is 4.98 Å². The molecule has 1 aromatic heterocycles. The quantitative estimate of drug-likeness (QED) is 0.335. The topological polar surface area (TPSA) is 86.9 Å². The van der Waals surface area contributed by atoms with Gasteiger partial charge in [0.25, 0.3) is 0 Å². The van der Waals surface area contributed by atoms with E-state index in [9.17, 15) is 4.79 Å². The molecule has 3 aromatic carbocycles. The summed E-state index contributed by atoms with van der Waals surface area (Å²) in [5.74, 6) is 2.29. The van der Waals surface area contributed by atoms with E-state index in [1.807, 2.05) is 6.07 Å². The lowest BCUT2D eigenvalue weighted by Crippen LogP contribution is -2.31. The first-order valence-corrected chi connectivity index (χ1v) is 10.5. The number of nitrogens with zero attached hydrogens (tertiary/aromatic N) is 2. The molecule has 0 radical (unpaired) electrons. The fraction of sp³-hybridized carbons (Fsp3) is 0.0833. The van der Waals surface area contributed by atoms with Crippen LogP contribution in [0.25, 0.3) is 10.9 Å².